The van der Waals surface area contributed by atoms with Gasteiger partial charge in [0.05, 0.1) is 18.3 Å². The average Bonchev–Trinajstić information content (AvgIpc) is 2.66. The molecule has 0 spiro atoms. The van der Waals surface area contributed by atoms with Gasteiger partial charge in [0.15, 0.2) is 0 Å². The second-order valence-electron chi connectivity index (χ2n) is 8.16. The molecule has 1 aliphatic rings. The quantitative estimate of drug-likeness (QED) is 0.779. The number of carbonyl (C=O) groups is 1. The lowest BCUT2D eigenvalue weighted by atomic mass is 9.79. The molecule has 0 atom stereocenters. The Hall–Kier alpha value is -1.53. The summed E-state index contributed by atoms with van der Waals surface area (Å²) in [5.41, 5.74) is 0.559. The zero-order chi connectivity index (χ0) is 18.3. The molecular formula is C18H28BNO4. The summed E-state index contributed by atoms with van der Waals surface area (Å²) in [5, 5.41) is 0. The molecule has 5 nitrogen and oxygen atoms in total. The van der Waals surface area contributed by atoms with E-state index >= 15 is 0 Å². The van der Waals surface area contributed by atoms with Crippen molar-refractivity contribution in [1.29, 1.82) is 0 Å². The van der Waals surface area contributed by atoms with Crippen LogP contribution >= 0.6 is 0 Å². The highest BCUT2D eigenvalue weighted by atomic mass is 16.7. The lowest BCUT2D eigenvalue weighted by Gasteiger charge is -2.34. The van der Waals surface area contributed by atoms with Gasteiger partial charge in [0.1, 0.15) is 0 Å². The van der Waals surface area contributed by atoms with E-state index in [1.165, 1.54) is 7.11 Å². The van der Waals surface area contributed by atoms with Gasteiger partial charge < -0.3 is 14.0 Å². The van der Waals surface area contributed by atoms with Crippen LogP contribution in [0.5, 0.6) is 0 Å². The van der Waals surface area contributed by atoms with Gasteiger partial charge in [0.25, 0.3) is 0 Å². The van der Waals surface area contributed by atoms with Gasteiger partial charge in [-0.1, -0.05) is 12.1 Å². The predicted molar refractivity (Wildman–Crippen MR) is 96.8 cm³/mol. The average molecular weight is 333 g/mol. The van der Waals surface area contributed by atoms with E-state index in [2.05, 4.69) is 0 Å². The van der Waals surface area contributed by atoms with Gasteiger partial charge in [-0.3, -0.25) is 4.90 Å². The monoisotopic (exact) mass is 333 g/mol. The number of rotatable bonds is 2. The number of benzene rings is 1. The van der Waals surface area contributed by atoms with E-state index < -0.39 is 7.12 Å². The molecule has 0 saturated carbocycles. The first-order chi connectivity index (χ1) is 10.9. The summed E-state index contributed by atoms with van der Waals surface area (Å²) in [6.07, 6.45) is -0.383. The molecule has 0 N–H and O–H groups in total. The van der Waals surface area contributed by atoms with Crippen LogP contribution in [0.1, 0.15) is 48.5 Å². The van der Waals surface area contributed by atoms with Crippen molar-refractivity contribution in [2.75, 3.05) is 12.0 Å². The van der Waals surface area contributed by atoms with Gasteiger partial charge in [0, 0.05) is 11.2 Å². The lowest BCUT2D eigenvalue weighted by molar-refractivity contribution is 0.00578. The third kappa shape index (κ3) is 3.45. The molecule has 0 aliphatic carbocycles. The Bertz CT molecular complexity index is 588. The molecule has 24 heavy (non-hydrogen) atoms. The Kier molecular flexibility index (Phi) is 4.77. The molecule has 6 heteroatoms. The zero-order valence-electron chi connectivity index (χ0n) is 16.0. The van der Waals surface area contributed by atoms with E-state index in [0.717, 1.165) is 11.2 Å². The van der Waals surface area contributed by atoms with Crippen LogP contribution in [-0.4, -0.2) is 37.1 Å². The largest absolute Gasteiger partial charge is 0.494 e. The van der Waals surface area contributed by atoms with Gasteiger partial charge in [-0.2, -0.15) is 0 Å². The van der Waals surface area contributed by atoms with E-state index in [1.54, 1.807) is 4.90 Å². The molecule has 132 valence electrons. The van der Waals surface area contributed by atoms with Crippen LogP contribution in [0.2, 0.25) is 0 Å². The fourth-order valence-electron chi connectivity index (χ4n) is 2.62. The predicted octanol–water partition coefficient (Wildman–Crippen LogP) is 3.36. The highest BCUT2D eigenvalue weighted by Crippen LogP contribution is 2.36. The minimum Gasteiger partial charge on any atom is -0.452 e. The molecule has 1 aromatic carbocycles. The van der Waals surface area contributed by atoms with Gasteiger partial charge >= 0.3 is 13.2 Å². The normalized spacial score (nSPS) is 19.2. The van der Waals surface area contributed by atoms with Crippen molar-refractivity contribution in [3.63, 3.8) is 0 Å². The lowest BCUT2D eigenvalue weighted by Crippen LogP contribution is -2.46. The third-order valence-electron chi connectivity index (χ3n) is 4.70. The SMILES string of the molecule is COC(=O)N(c1ccc(B2OC(C)(C)C(C)(C)O2)cc1)C(C)(C)C. The van der Waals surface area contributed by atoms with E-state index in [9.17, 15) is 4.79 Å². The molecule has 1 fully saturated rings. The summed E-state index contributed by atoms with van der Waals surface area (Å²) < 4.78 is 17.0. The first kappa shape index (κ1) is 18.8. The Morgan fingerprint density at radius 2 is 1.50 bits per heavy atom. The Morgan fingerprint density at radius 3 is 1.88 bits per heavy atom. The highest BCUT2D eigenvalue weighted by molar-refractivity contribution is 6.62. The Balaban J connectivity index is 2.27. The maximum absolute atomic E-state index is 12.1. The van der Waals surface area contributed by atoms with Crippen LogP contribution < -0.4 is 10.4 Å². The maximum atomic E-state index is 12.1. The van der Waals surface area contributed by atoms with Gasteiger partial charge in [0.2, 0.25) is 0 Å². The topological polar surface area (TPSA) is 48.0 Å². The van der Waals surface area contributed by atoms with Crippen molar-refractivity contribution in [3.8, 4) is 0 Å². The van der Waals surface area contributed by atoms with E-state index in [0.29, 0.717) is 0 Å². The fourth-order valence-corrected chi connectivity index (χ4v) is 2.62. The first-order valence-corrected chi connectivity index (χ1v) is 8.23. The van der Waals surface area contributed by atoms with Crippen LogP contribution in [0, 0.1) is 0 Å². The summed E-state index contributed by atoms with van der Waals surface area (Å²) >= 11 is 0. The van der Waals surface area contributed by atoms with Gasteiger partial charge in [-0.25, -0.2) is 4.79 Å². The number of carbonyl (C=O) groups excluding carboxylic acids is 1. The number of nitrogens with zero attached hydrogens (tertiary/aromatic N) is 1. The maximum Gasteiger partial charge on any atom is 0.494 e. The van der Waals surface area contributed by atoms with Gasteiger partial charge in [-0.15, -0.1) is 0 Å². The molecule has 0 bridgehead atoms. The standard InChI is InChI=1S/C18H28BNO4/c1-16(2,3)20(15(21)22-8)14-11-9-13(10-12-14)19-23-17(4,5)18(6,7)24-19/h9-12H,1-8H3. The molecule has 1 aromatic rings. The summed E-state index contributed by atoms with van der Waals surface area (Å²) in [6.45, 7) is 14.0. The second kappa shape index (κ2) is 6.08. The van der Waals surface area contributed by atoms with Crippen LogP contribution in [0.15, 0.2) is 24.3 Å². The number of ether oxygens (including phenoxy) is 1. The number of anilines is 1. The zero-order valence-corrected chi connectivity index (χ0v) is 16.0. The number of amides is 1. The molecule has 0 aromatic heterocycles. The number of methoxy groups -OCH3 is 1. The van der Waals surface area contributed by atoms with E-state index in [-0.39, 0.29) is 22.8 Å². The third-order valence-corrected chi connectivity index (χ3v) is 4.70. The van der Waals surface area contributed by atoms with E-state index in [4.69, 9.17) is 14.0 Å². The van der Waals surface area contributed by atoms with Crippen LogP contribution in [-0.2, 0) is 14.0 Å². The summed E-state index contributed by atoms with van der Waals surface area (Å²) in [5.74, 6) is 0. The smallest absolute Gasteiger partial charge is 0.452 e. The number of hydrogen-bond acceptors (Lipinski definition) is 4. The Morgan fingerprint density at radius 1 is 1.04 bits per heavy atom. The molecule has 1 heterocycles. The summed E-state index contributed by atoms with van der Waals surface area (Å²) in [4.78, 5) is 13.8. The van der Waals surface area contributed by atoms with Crippen LogP contribution in [0.4, 0.5) is 10.5 Å². The van der Waals surface area contributed by atoms with Crippen LogP contribution in [0.3, 0.4) is 0 Å². The minimum absolute atomic E-state index is 0.375. The molecule has 0 unspecified atom stereocenters. The van der Waals surface area contributed by atoms with Gasteiger partial charge in [-0.05, 0) is 66.1 Å². The molecule has 1 aliphatic heterocycles. The van der Waals surface area contributed by atoms with Crippen molar-refractivity contribution < 1.29 is 18.8 Å². The second-order valence-corrected chi connectivity index (χ2v) is 8.16. The van der Waals surface area contributed by atoms with Crippen LogP contribution in [0.25, 0.3) is 0 Å². The van der Waals surface area contributed by atoms with Crippen molar-refractivity contribution in [2.24, 2.45) is 0 Å². The highest BCUT2D eigenvalue weighted by Gasteiger charge is 2.51. The summed E-state index contributed by atoms with van der Waals surface area (Å²) in [7, 11) is 0.977. The summed E-state index contributed by atoms with van der Waals surface area (Å²) in [6, 6.07) is 7.64. The van der Waals surface area contributed by atoms with E-state index in [1.807, 2.05) is 72.7 Å². The fraction of sp³-hybridized carbons (Fsp3) is 0.611. The minimum atomic E-state index is -0.412. The molecule has 1 saturated heterocycles. The number of hydrogen-bond donors (Lipinski definition) is 0. The van der Waals surface area contributed by atoms with Crippen molar-refractivity contribution in [1.82, 2.24) is 0 Å². The van der Waals surface area contributed by atoms with Crippen molar-refractivity contribution in [3.05, 3.63) is 24.3 Å². The first-order valence-electron chi connectivity index (χ1n) is 8.23. The van der Waals surface area contributed by atoms with Crippen molar-refractivity contribution in [2.45, 2.75) is 65.2 Å². The molecule has 2 rings (SSSR count). The van der Waals surface area contributed by atoms with Crippen molar-refractivity contribution >= 4 is 24.4 Å². The molecule has 0 radical (unpaired) electrons. The Labute approximate surface area is 145 Å². The molecular weight excluding hydrogens is 305 g/mol. The molecule has 1 amide bonds.